The number of rotatable bonds is 6. The highest BCUT2D eigenvalue weighted by Crippen LogP contribution is 2.00. The van der Waals surface area contributed by atoms with Crippen molar-refractivity contribution in [1.29, 1.82) is 0 Å². The first kappa shape index (κ1) is 12.9. The van der Waals surface area contributed by atoms with Gasteiger partial charge in [0.25, 0.3) is 0 Å². The Labute approximate surface area is 97.8 Å². The van der Waals surface area contributed by atoms with E-state index in [1.165, 1.54) is 5.57 Å². The summed E-state index contributed by atoms with van der Waals surface area (Å²) >= 11 is 0. The Morgan fingerprint density at radius 1 is 1.50 bits per heavy atom. The second kappa shape index (κ2) is 6.43. The molecule has 0 unspecified atom stereocenters. The second-order valence-electron chi connectivity index (χ2n) is 4.66. The van der Waals surface area contributed by atoms with E-state index in [1.807, 2.05) is 4.68 Å². The van der Waals surface area contributed by atoms with Gasteiger partial charge in [-0.15, -0.1) is 0 Å². The van der Waals surface area contributed by atoms with Crippen molar-refractivity contribution in [2.75, 3.05) is 6.54 Å². The summed E-state index contributed by atoms with van der Waals surface area (Å²) in [6, 6.07) is 0. The van der Waals surface area contributed by atoms with Gasteiger partial charge in [0, 0.05) is 13.1 Å². The molecule has 0 aliphatic carbocycles. The van der Waals surface area contributed by atoms with Crippen molar-refractivity contribution in [2.45, 2.75) is 40.8 Å². The highest BCUT2D eigenvalue weighted by molar-refractivity contribution is 4.95. The van der Waals surface area contributed by atoms with Crippen molar-refractivity contribution in [3.05, 3.63) is 23.8 Å². The third kappa shape index (κ3) is 4.57. The van der Waals surface area contributed by atoms with Gasteiger partial charge in [0.05, 0.1) is 6.54 Å². The number of aromatic nitrogens is 3. The second-order valence-corrected chi connectivity index (χ2v) is 4.66. The molecule has 1 heterocycles. The number of hydrogen-bond acceptors (Lipinski definition) is 3. The topological polar surface area (TPSA) is 42.7 Å². The molecule has 1 aromatic rings. The van der Waals surface area contributed by atoms with Gasteiger partial charge < -0.3 is 5.32 Å². The minimum absolute atomic E-state index is 0.596. The third-order valence-electron chi connectivity index (χ3n) is 2.17. The van der Waals surface area contributed by atoms with Gasteiger partial charge in [0.1, 0.15) is 12.2 Å². The Bertz CT molecular complexity index is 335. The summed E-state index contributed by atoms with van der Waals surface area (Å²) in [4.78, 5) is 4.25. The Morgan fingerprint density at radius 3 is 2.88 bits per heavy atom. The average molecular weight is 222 g/mol. The van der Waals surface area contributed by atoms with Crippen LogP contribution in [0.3, 0.4) is 0 Å². The maximum absolute atomic E-state index is 4.25. The van der Waals surface area contributed by atoms with Gasteiger partial charge in [-0.2, -0.15) is 5.10 Å². The van der Waals surface area contributed by atoms with Crippen LogP contribution in [0.1, 0.15) is 33.5 Å². The van der Waals surface area contributed by atoms with E-state index in [1.54, 1.807) is 6.33 Å². The van der Waals surface area contributed by atoms with Crippen LogP contribution in [0, 0.1) is 5.92 Å². The lowest BCUT2D eigenvalue weighted by Crippen LogP contribution is -2.19. The van der Waals surface area contributed by atoms with Crippen molar-refractivity contribution in [1.82, 2.24) is 20.1 Å². The SMILES string of the molecule is CC(C)=CCNCc1ncnn1CC(C)C. The van der Waals surface area contributed by atoms with E-state index in [-0.39, 0.29) is 0 Å². The van der Waals surface area contributed by atoms with Crippen LogP contribution in [-0.4, -0.2) is 21.3 Å². The van der Waals surface area contributed by atoms with E-state index in [0.717, 1.165) is 25.5 Å². The molecule has 0 radical (unpaired) electrons. The van der Waals surface area contributed by atoms with Gasteiger partial charge in [0.15, 0.2) is 0 Å². The predicted octanol–water partition coefficient (Wildman–Crippen LogP) is 1.99. The average Bonchev–Trinajstić information content (AvgIpc) is 2.59. The highest BCUT2D eigenvalue weighted by atomic mass is 15.3. The van der Waals surface area contributed by atoms with E-state index >= 15 is 0 Å². The molecule has 1 N–H and O–H groups in total. The minimum atomic E-state index is 0.596. The van der Waals surface area contributed by atoms with Crippen LogP contribution in [0.2, 0.25) is 0 Å². The number of nitrogens with one attached hydrogen (secondary N) is 1. The number of allylic oxidation sites excluding steroid dienone is 1. The molecule has 0 bridgehead atoms. The van der Waals surface area contributed by atoms with E-state index < -0.39 is 0 Å². The molecule has 0 aliphatic heterocycles. The number of hydrogen-bond donors (Lipinski definition) is 1. The van der Waals surface area contributed by atoms with Crippen LogP contribution in [0.15, 0.2) is 18.0 Å². The maximum Gasteiger partial charge on any atom is 0.140 e. The summed E-state index contributed by atoms with van der Waals surface area (Å²) in [7, 11) is 0. The van der Waals surface area contributed by atoms with Gasteiger partial charge >= 0.3 is 0 Å². The van der Waals surface area contributed by atoms with Gasteiger partial charge in [0.2, 0.25) is 0 Å². The molecule has 0 fully saturated rings. The van der Waals surface area contributed by atoms with Crippen LogP contribution < -0.4 is 5.32 Å². The Hall–Kier alpha value is -1.16. The van der Waals surface area contributed by atoms with Gasteiger partial charge in [-0.25, -0.2) is 9.67 Å². The quantitative estimate of drug-likeness (QED) is 0.591. The molecule has 0 atom stereocenters. The van der Waals surface area contributed by atoms with Crippen LogP contribution in [0.25, 0.3) is 0 Å². The van der Waals surface area contributed by atoms with Gasteiger partial charge in [-0.05, 0) is 19.8 Å². The first-order chi connectivity index (χ1) is 7.59. The van der Waals surface area contributed by atoms with Crippen LogP contribution >= 0.6 is 0 Å². The third-order valence-corrected chi connectivity index (χ3v) is 2.17. The fraction of sp³-hybridized carbons (Fsp3) is 0.667. The fourth-order valence-electron chi connectivity index (χ4n) is 1.38. The summed E-state index contributed by atoms with van der Waals surface area (Å²) in [5.41, 5.74) is 1.33. The molecule has 1 rings (SSSR count). The molecule has 0 saturated carbocycles. The zero-order chi connectivity index (χ0) is 12.0. The summed E-state index contributed by atoms with van der Waals surface area (Å²) in [6.45, 7) is 11.2. The zero-order valence-electron chi connectivity index (χ0n) is 10.7. The molecule has 0 amide bonds. The molecule has 4 heteroatoms. The zero-order valence-corrected chi connectivity index (χ0v) is 10.7. The fourth-order valence-corrected chi connectivity index (χ4v) is 1.38. The van der Waals surface area contributed by atoms with Crippen molar-refractivity contribution in [3.8, 4) is 0 Å². The monoisotopic (exact) mass is 222 g/mol. The lowest BCUT2D eigenvalue weighted by Gasteiger charge is -2.08. The van der Waals surface area contributed by atoms with Gasteiger partial charge in [-0.3, -0.25) is 0 Å². The van der Waals surface area contributed by atoms with Gasteiger partial charge in [-0.1, -0.05) is 25.5 Å². The van der Waals surface area contributed by atoms with E-state index in [0.29, 0.717) is 5.92 Å². The molecule has 0 spiro atoms. The molecule has 0 saturated heterocycles. The summed E-state index contributed by atoms with van der Waals surface area (Å²) in [5, 5.41) is 7.55. The summed E-state index contributed by atoms with van der Waals surface area (Å²) in [6.07, 6.45) is 3.80. The molecular weight excluding hydrogens is 200 g/mol. The van der Waals surface area contributed by atoms with Crippen molar-refractivity contribution >= 4 is 0 Å². The largest absolute Gasteiger partial charge is 0.306 e. The molecule has 1 aromatic heterocycles. The molecule has 90 valence electrons. The van der Waals surface area contributed by atoms with E-state index in [2.05, 4.69) is 49.2 Å². The van der Waals surface area contributed by atoms with Crippen molar-refractivity contribution in [3.63, 3.8) is 0 Å². The Balaban J connectivity index is 2.41. The van der Waals surface area contributed by atoms with Crippen LogP contribution in [0.5, 0.6) is 0 Å². The minimum Gasteiger partial charge on any atom is -0.306 e. The van der Waals surface area contributed by atoms with Crippen molar-refractivity contribution < 1.29 is 0 Å². The van der Waals surface area contributed by atoms with Crippen molar-refractivity contribution in [2.24, 2.45) is 5.92 Å². The first-order valence-corrected chi connectivity index (χ1v) is 5.80. The summed E-state index contributed by atoms with van der Waals surface area (Å²) < 4.78 is 1.97. The lowest BCUT2D eigenvalue weighted by atomic mass is 10.2. The highest BCUT2D eigenvalue weighted by Gasteiger charge is 2.04. The van der Waals surface area contributed by atoms with Crippen LogP contribution in [-0.2, 0) is 13.1 Å². The standard InChI is InChI=1S/C12H22N4/c1-10(2)5-6-13-7-12-14-9-15-16(12)8-11(3)4/h5,9,11,13H,6-8H2,1-4H3. The Kier molecular flexibility index (Phi) is 5.19. The predicted molar refractivity (Wildman–Crippen MR) is 66.0 cm³/mol. The van der Waals surface area contributed by atoms with E-state index in [4.69, 9.17) is 0 Å². The normalized spacial score (nSPS) is 10.8. The van der Waals surface area contributed by atoms with E-state index in [9.17, 15) is 0 Å². The molecule has 0 aliphatic rings. The summed E-state index contributed by atoms with van der Waals surface area (Å²) in [5.74, 6) is 1.61. The van der Waals surface area contributed by atoms with Crippen LogP contribution in [0.4, 0.5) is 0 Å². The maximum atomic E-state index is 4.25. The Morgan fingerprint density at radius 2 is 2.25 bits per heavy atom. The number of nitrogens with zero attached hydrogens (tertiary/aromatic N) is 3. The smallest absolute Gasteiger partial charge is 0.140 e. The molecule has 4 nitrogen and oxygen atoms in total. The molecule has 16 heavy (non-hydrogen) atoms. The lowest BCUT2D eigenvalue weighted by molar-refractivity contribution is 0.460. The first-order valence-electron chi connectivity index (χ1n) is 5.80. The molecule has 0 aromatic carbocycles. The molecular formula is C12H22N4.